The molecule has 1 aromatic carbocycles. The highest BCUT2D eigenvalue weighted by Gasteiger charge is 2.20. The molecule has 0 aromatic heterocycles. The number of carbonyl (C=O) groups is 1. The lowest BCUT2D eigenvalue weighted by atomic mass is 10.0. The van der Waals surface area contributed by atoms with E-state index >= 15 is 0 Å². The van der Waals surface area contributed by atoms with Gasteiger partial charge in [0, 0.05) is 5.54 Å². The summed E-state index contributed by atoms with van der Waals surface area (Å²) in [4.78, 5) is 21.7. The van der Waals surface area contributed by atoms with Crippen molar-refractivity contribution in [1.82, 2.24) is 15.3 Å². The molecule has 23 heavy (non-hydrogen) atoms. The molecule has 0 atom stereocenters. The number of nitrogens with one attached hydrogen (secondary N) is 1. The first-order chi connectivity index (χ1) is 10.8. The summed E-state index contributed by atoms with van der Waals surface area (Å²) in [6.45, 7) is 7.20. The Morgan fingerprint density at radius 1 is 1.09 bits per heavy atom. The molecule has 0 heterocycles. The van der Waals surface area contributed by atoms with E-state index in [9.17, 15) is 4.79 Å². The predicted octanol–water partition coefficient (Wildman–Crippen LogP) is 2.40. The highest BCUT2D eigenvalue weighted by molar-refractivity contribution is 5.89. The van der Waals surface area contributed by atoms with E-state index in [4.69, 9.17) is 4.84 Å². The Bertz CT molecular complexity index is 461. The van der Waals surface area contributed by atoms with E-state index in [0.717, 1.165) is 32.5 Å². The smallest absolute Gasteiger partial charge is 0.356 e. The third-order valence-corrected chi connectivity index (χ3v) is 3.69. The molecule has 0 spiro atoms. The summed E-state index contributed by atoms with van der Waals surface area (Å²) in [5.74, 6) is -0.349. The van der Waals surface area contributed by atoms with Crippen molar-refractivity contribution in [2.24, 2.45) is 0 Å². The van der Waals surface area contributed by atoms with Crippen molar-refractivity contribution in [3.63, 3.8) is 0 Å². The van der Waals surface area contributed by atoms with Gasteiger partial charge in [0.2, 0.25) is 0 Å². The standard InChI is InChI=1S/C18H31N3O2/c1-18(2,12-15-21(5)14-9-13-20(3)4)19-23-17(22)16-10-7-6-8-11-16/h6-8,10-11,19H,9,12-15H2,1-5H3. The van der Waals surface area contributed by atoms with Gasteiger partial charge in [-0.15, -0.1) is 5.48 Å². The van der Waals surface area contributed by atoms with E-state index in [1.807, 2.05) is 32.0 Å². The third kappa shape index (κ3) is 8.69. The van der Waals surface area contributed by atoms with E-state index in [-0.39, 0.29) is 11.5 Å². The van der Waals surface area contributed by atoms with Gasteiger partial charge in [0.05, 0.1) is 5.56 Å². The highest BCUT2D eigenvalue weighted by atomic mass is 16.7. The Morgan fingerprint density at radius 3 is 2.35 bits per heavy atom. The summed E-state index contributed by atoms with van der Waals surface area (Å²) < 4.78 is 0. The van der Waals surface area contributed by atoms with Gasteiger partial charge in [0.25, 0.3) is 0 Å². The molecule has 0 fully saturated rings. The number of carbonyl (C=O) groups excluding carboxylic acids is 1. The van der Waals surface area contributed by atoms with Crippen LogP contribution < -0.4 is 5.48 Å². The van der Waals surface area contributed by atoms with Crippen molar-refractivity contribution in [3.05, 3.63) is 35.9 Å². The lowest BCUT2D eigenvalue weighted by Gasteiger charge is -2.28. The van der Waals surface area contributed by atoms with Crippen LogP contribution in [0.25, 0.3) is 0 Å². The minimum absolute atomic E-state index is 0.264. The zero-order valence-electron chi connectivity index (χ0n) is 15.1. The van der Waals surface area contributed by atoms with Crippen molar-refractivity contribution in [2.45, 2.75) is 32.2 Å². The van der Waals surface area contributed by atoms with Crippen LogP contribution in [0.5, 0.6) is 0 Å². The number of benzene rings is 1. The van der Waals surface area contributed by atoms with Gasteiger partial charge in [-0.05, 0) is 79.6 Å². The summed E-state index contributed by atoms with van der Waals surface area (Å²) in [7, 11) is 6.31. The molecular formula is C18H31N3O2. The van der Waals surface area contributed by atoms with Crippen LogP contribution in [0, 0.1) is 0 Å². The van der Waals surface area contributed by atoms with Crippen LogP contribution in [-0.2, 0) is 4.84 Å². The molecule has 0 aliphatic rings. The molecule has 0 bridgehead atoms. The fraction of sp³-hybridized carbons (Fsp3) is 0.611. The number of hydrogen-bond donors (Lipinski definition) is 1. The quantitative estimate of drug-likeness (QED) is 0.671. The zero-order chi connectivity index (χ0) is 17.3. The Morgan fingerprint density at radius 2 is 1.74 bits per heavy atom. The van der Waals surface area contributed by atoms with Gasteiger partial charge in [0.1, 0.15) is 0 Å². The SMILES string of the molecule is CN(C)CCCN(C)CCC(C)(C)NOC(=O)c1ccccc1. The summed E-state index contributed by atoms with van der Waals surface area (Å²) in [6.07, 6.45) is 2.05. The molecule has 0 radical (unpaired) electrons. The molecule has 0 saturated heterocycles. The lowest BCUT2D eigenvalue weighted by Crippen LogP contribution is -2.43. The van der Waals surface area contributed by atoms with Crippen LogP contribution in [0.1, 0.15) is 37.0 Å². The topological polar surface area (TPSA) is 44.8 Å². The van der Waals surface area contributed by atoms with Crippen LogP contribution in [0.15, 0.2) is 30.3 Å². The van der Waals surface area contributed by atoms with E-state index in [2.05, 4.69) is 36.4 Å². The normalized spacial score (nSPS) is 12.0. The van der Waals surface area contributed by atoms with Crippen LogP contribution in [-0.4, -0.2) is 62.1 Å². The first kappa shape index (κ1) is 19.6. The van der Waals surface area contributed by atoms with Gasteiger partial charge in [-0.1, -0.05) is 18.2 Å². The zero-order valence-corrected chi connectivity index (χ0v) is 15.1. The fourth-order valence-corrected chi connectivity index (χ4v) is 2.11. The molecule has 5 heteroatoms. The maximum absolute atomic E-state index is 11.9. The molecule has 0 aliphatic carbocycles. The molecule has 1 aromatic rings. The maximum atomic E-state index is 11.9. The van der Waals surface area contributed by atoms with Crippen molar-refractivity contribution < 1.29 is 9.63 Å². The number of hydrogen-bond acceptors (Lipinski definition) is 5. The molecule has 0 saturated carbocycles. The van der Waals surface area contributed by atoms with Crippen molar-refractivity contribution >= 4 is 5.97 Å². The summed E-state index contributed by atoms with van der Waals surface area (Å²) in [5, 5.41) is 0. The third-order valence-electron chi connectivity index (χ3n) is 3.69. The second kappa shape index (κ2) is 9.65. The van der Waals surface area contributed by atoms with Gasteiger partial charge < -0.3 is 14.6 Å². The van der Waals surface area contributed by atoms with E-state index in [1.54, 1.807) is 12.1 Å². The molecule has 0 unspecified atom stereocenters. The Labute approximate surface area is 140 Å². The maximum Gasteiger partial charge on any atom is 0.356 e. The predicted molar refractivity (Wildman–Crippen MR) is 94.4 cm³/mol. The second-order valence-electron chi connectivity index (χ2n) is 6.95. The first-order valence-corrected chi connectivity index (χ1v) is 8.17. The number of nitrogens with zero attached hydrogens (tertiary/aromatic N) is 2. The lowest BCUT2D eigenvalue weighted by molar-refractivity contribution is -0.00168. The van der Waals surface area contributed by atoms with Gasteiger partial charge in [0.15, 0.2) is 0 Å². The first-order valence-electron chi connectivity index (χ1n) is 8.17. The van der Waals surface area contributed by atoms with Crippen molar-refractivity contribution in [1.29, 1.82) is 0 Å². The number of hydroxylamine groups is 1. The van der Waals surface area contributed by atoms with Gasteiger partial charge in [-0.3, -0.25) is 0 Å². The summed E-state index contributed by atoms with van der Waals surface area (Å²) in [6, 6.07) is 9.01. The van der Waals surface area contributed by atoms with E-state index < -0.39 is 0 Å². The molecule has 130 valence electrons. The molecule has 5 nitrogen and oxygen atoms in total. The number of rotatable bonds is 10. The summed E-state index contributed by atoms with van der Waals surface area (Å²) >= 11 is 0. The monoisotopic (exact) mass is 321 g/mol. The van der Waals surface area contributed by atoms with E-state index in [1.165, 1.54) is 0 Å². The average Bonchev–Trinajstić information content (AvgIpc) is 2.51. The van der Waals surface area contributed by atoms with Crippen molar-refractivity contribution in [2.75, 3.05) is 40.8 Å². The molecule has 0 aliphatic heterocycles. The second-order valence-corrected chi connectivity index (χ2v) is 6.95. The van der Waals surface area contributed by atoms with Crippen molar-refractivity contribution in [3.8, 4) is 0 Å². The fourth-order valence-electron chi connectivity index (χ4n) is 2.11. The average molecular weight is 321 g/mol. The van der Waals surface area contributed by atoms with Gasteiger partial charge in [-0.2, -0.15) is 0 Å². The van der Waals surface area contributed by atoms with Gasteiger partial charge in [-0.25, -0.2) is 4.79 Å². The van der Waals surface area contributed by atoms with Crippen LogP contribution in [0.2, 0.25) is 0 Å². The summed E-state index contributed by atoms with van der Waals surface area (Å²) in [5.41, 5.74) is 3.19. The molecule has 1 N–H and O–H groups in total. The minimum Gasteiger partial charge on any atom is -0.366 e. The Hall–Kier alpha value is -1.43. The van der Waals surface area contributed by atoms with Crippen LogP contribution in [0.4, 0.5) is 0 Å². The Balaban J connectivity index is 2.28. The highest BCUT2D eigenvalue weighted by Crippen LogP contribution is 2.10. The van der Waals surface area contributed by atoms with Crippen LogP contribution in [0.3, 0.4) is 0 Å². The molecule has 0 amide bonds. The van der Waals surface area contributed by atoms with Crippen LogP contribution >= 0.6 is 0 Å². The molecule has 1 rings (SSSR count). The van der Waals surface area contributed by atoms with E-state index in [0.29, 0.717) is 5.56 Å². The Kier molecular flexibility index (Phi) is 8.23. The minimum atomic E-state index is -0.349. The largest absolute Gasteiger partial charge is 0.366 e. The molecular weight excluding hydrogens is 290 g/mol. The van der Waals surface area contributed by atoms with Gasteiger partial charge >= 0.3 is 5.97 Å².